The van der Waals surface area contributed by atoms with E-state index < -0.39 is 28.9 Å². The summed E-state index contributed by atoms with van der Waals surface area (Å²) in [5.74, 6) is -15.9. The Hall–Kier alpha value is -2.24. The highest BCUT2D eigenvalue weighted by atomic mass is 32.1. The van der Waals surface area contributed by atoms with Gasteiger partial charge in [0.25, 0.3) is 0 Å². The third-order valence-corrected chi connectivity index (χ3v) is 18.9. The van der Waals surface area contributed by atoms with Crippen molar-refractivity contribution in [1.29, 1.82) is 0 Å². The fourth-order valence-corrected chi connectivity index (χ4v) is 16.6. The molecule has 258 valence electrons. The van der Waals surface area contributed by atoms with E-state index in [1.54, 1.807) is 28.7 Å². The molecule has 15 heteroatoms. The molecule has 1 N–H and O–H groups in total. The predicted octanol–water partition coefficient (Wildman–Crippen LogP) is 15.6. The molecule has 0 bridgehead atoms. The summed E-state index contributed by atoms with van der Waals surface area (Å²) in [4.78, 5) is 4.45. The van der Waals surface area contributed by atoms with Crippen LogP contribution in [-0.2, 0) is 6.42 Å². The molecule has 0 fully saturated rings. The highest BCUT2D eigenvalue weighted by molar-refractivity contribution is 7.41. The minimum absolute atomic E-state index is 0.184. The number of unbranched alkanes of at least 4 members (excludes halogenated alkanes) is 1. The Morgan fingerprint density at radius 3 is 1.50 bits per heavy atom. The summed E-state index contributed by atoms with van der Waals surface area (Å²) < 4.78 is 102. The molecule has 1 aliphatic rings. The van der Waals surface area contributed by atoms with Gasteiger partial charge in [0, 0.05) is 65.5 Å². The number of hydrogen-bond acceptors (Lipinski definition) is 9. The average molecular weight is 829 g/mol. The van der Waals surface area contributed by atoms with Gasteiger partial charge in [0.2, 0.25) is 0 Å². The zero-order chi connectivity index (χ0) is 35.1. The van der Waals surface area contributed by atoms with Crippen LogP contribution < -0.4 is 0 Å². The number of aryl methyl sites for hydroxylation is 3. The van der Waals surface area contributed by atoms with Crippen molar-refractivity contribution in [2.24, 2.45) is 0 Å². The fraction of sp³-hybridized carbons (Fsp3) is 0.257. The molecule has 0 atom stereocenters. The maximum absolute atomic E-state index is 15.9. The number of rotatable bonds is 7. The highest BCUT2D eigenvalue weighted by Crippen LogP contribution is 2.66. The Labute approximate surface area is 313 Å². The van der Waals surface area contributed by atoms with Gasteiger partial charge in [0.05, 0.1) is 23.5 Å². The summed E-state index contributed by atoms with van der Waals surface area (Å²) in [7, 11) is 0. The lowest BCUT2D eigenvalue weighted by Gasteiger charge is -2.25. The summed E-state index contributed by atoms with van der Waals surface area (Å²) >= 11 is 11.3. The minimum Gasteiger partial charge on any atom is -0.499 e. The van der Waals surface area contributed by atoms with Crippen molar-refractivity contribution >= 4 is 139 Å². The zero-order valence-corrected chi connectivity index (χ0v) is 32.6. The van der Waals surface area contributed by atoms with Crippen molar-refractivity contribution in [2.75, 3.05) is 0 Å². The number of allylic oxidation sites excluding steroid dienone is 2. The van der Waals surface area contributed by atoms with Crippen LogP contribution in [0.4, 0.5) is 26.3 Å². The van der Waals surface area contributed by atoms with Gasteiger partial charge in [-0.2, -0.15) is 26.3 Å². The van der Waals surface area contributed by atoms with E-state index in [0.717, 1.165) is 75.0 Å². The van der Waals surface area contributed by atoms with E-state index in [2.05, 4.69) is 13.0 Å². The molecule has 0 aliphatic heterocycles. The number of alkyl halides is 6. The standard InChI is InChI=1S/C35H22F6OS8/c1-4-5-6-15-7-22-29(45-15)30-23(46-22)10-20(48-30)18-8-16(13(2)43-18)27-28(34(38,39)35(40,41)33(27,36)37)17-9-19(44-14(17)3)21-11-24-31(49-21)32-25(47-24)12-26(42)50-32/h7-12,42H,4-6H2,1-3H3. The van der Waals surface area contributed by atoms with Gasteiger partial charge in [-0.25, -0.2) is 0 Å². The molecule has 0 saturated carbocycles. The van der Waals surface area contributed by atoms with Crippen molar-refractivity contribution in [2.45, 2.75) is 57.8 Å². The molecule has 1 aliphatic carbocycles. The summed E-state index contributed by atoms with van der Waals surface area (Å²) in [6.45, 7) is 5.19. The second-order valence-corrected chi connectivity index (χ2v) is 21.2. The van der Waals surface area contributed by atoms with Crippen LogP contribution >= 0.6 is 90.7 Å². The van der Waals surface area contributed by atoms with Crippen LogP contribution in [0.2, 0.25) is 0 Å². The third kappa shape index (κ3) is 4.69. The average Bonchev–Trinajstić information content (AvgIpc) is 3.89. The molecule has 8 aromatic heterocycles. The second-order valence-electron chi connectivity index (χ2n) is 12.2. The molecule has 0 aromatic carbocycles. The van der Waals surface area contributed by atoms with E-state index in [1.165, 1.54) is 85.6 Å². The Balaban J connectivity index is 1.17. The first-order valence-electron chi connectivity index (χ1n) is 15.4. The third-order valence-electron chi connectivity index (χ3n) is 8.99. The lowest BCUT2D eigenvalue weighted by atomic mass is 9.95. The van der Waals surface area contributed by atoms with Gasteiger partial charge in [-0.15, -0.1) is 79.4 Å². The molecule has 9 rings (SSSR count). The van der Waals surface area contributed by atoms with Gasteiger partial charge < -0.3 is 5.11 Å². The van der Waals surface area contributed by atoms with Crippen LogP contribution in [0.5, 0.6) is 5.06 Å². The maximum Gasteiger partial charge on any atom is 0.380 e. The molecule has 8 aromatic rings. The van der Waals surface area contributed by atoms with Crippen molar-refractivity contribution in [3.63, 3.8) is 0 Å². The van der Waals surface area contributed by atoms with Gasteiger partial charge in [-0.1, -0.05) is 24.7 Å². The predicted molar refractivity (Wildman–Crippen MR) is 208 cm³/mol. The Morgan fingerprint density at radius 1 is 0.540 bits per heavy atom. The second kappa shape index (κ2) is 11.4. The largest absolute Gasteiger partial charge is 0.499 e. The molecule has 0 unspecified atom stereocenters. The molecule has 0 spiro atoms. The van der Waals surface area contributed by atoms with Crippen LogP contribution in [-0.4, -0.2) is 22.9 Å². The van der Waals surface area contributed by atoms with Crippen molar-refractivity contribution < 1.29 is 31.4 Å². The van der Waals surface area contributed by atoms with Crippen molar-refractivity contribution in [3.8, 4) is 24.6 Å². The molecule has 50 heavy (non-hydrogen) atoms. The monoisotopic (exact) mass is 828 g/mol. The lowest BCUT2D eigenvalue weighted by molar-refractivity contribution is -0.254. The van der Waals surface area contributed by atoms with Gasteiger partial charge in [0.15, 0.2) is 5.06 Å². The number of fused-ring (bicyclic) bond motifs is 6. The first-order valence-corrected chi connectivity index (χ1v) is 21.9. The first kappa shape index (κ1) is 33.6. The zero-order valence-electron chi connectivity index (χ0n) is 26.1. The van der Waals surface area contributed by atoms with Crippen LogP contribution in [0.3, 0.4) is 0 Å². The van der Waals surface area contributed by atoms with E-state index in [4.69, 9.17) is 0 Å². The van der Waals surface area contributed by atoms with Crippen LogP contribution in [0.15, 0.2) is 36.4 Å². The smallest absolute Gasteiger partial charge is 0.380 e. The fourth-order valence-electron chi connectivity index (χ4n) is 6.56. The van der Waals surface area contributed by atoms with Crippen LogP contribution in [0, 0.1) is 13.8 Å². The molecule has 0 radical (unpaired) electrons. The van der Waals surface area contributed by atoms with Crippen molar-refractivity contribution in [3.05, 3.63) is 62.2 Å². The van der Waals surface area contributed by atoms with Crippen LogP contribution in [0.1, 0.15) is 45.5 Å². The van der Waals surface area contributed by atoms with Crippen molar-refractivity contribution in [1.82, 2.24) is 0 Å². The van der Waals surface area contributed by atoms with E-state index in [-0.39, 0.29) is 25.9 Å². The first-order chi connectivity index (χ1) is 23.7. The number of aromatic hydroxyl groups is 1. The summed E-state index contributed by atoms with van der Waals surface area (Å²) in [6, 6.07) is 10.5. The molecule has 8 heterocycles. The molecule has 1 nitrogen and oxygen atoms in total. The van der Waals surface area contributed by atoms with E-state index in [0.29, 0.717) is 14.6 Å². The molecule has 0 amide bonds. The SMILES string of the molecule is CCCCc1cc2sc3cc(-c4cc(C5=C(c6cc(-c7cc8sc9cc(O)sc9c8s7)sc6C)C(F)(F)C(F)(F)C5(F)F)c(C)s4)sc3c2s1. The topological polar surface area (TPSA) is 20.2 Å². The van der Waals surface area contributed by atoms with E-state index >= 15 is 26.3 Å². The molecular formula is C35H22F6OS8. The van der Waals surface area contributed by atoms with Gasteiger partial charge in [-0.05, 0) is 68.1 Å². The number of hydrogen-bond donors (Lipinski definition) is 1. The summed E-state index contributed by atoms with van der Waals surface area (Å²) in [5.41, 5.74) is -3.18. The lowest BCUT2D eigenvalue weighted by Crippen LogP contribution is -2.48. The Kier molecular flexibility index (Phi) is 7.64. The quantitative estimate of drug-likeness (QED) is 0.159. The van der Waals surface area contributed by atoms with Gasteiger partial charge in [-0.3, -0.25) is 0 Å². The molecular weight excluding hydrogens is 807 g/mol. The van der Waals surface area contributed by atoms with Crippen LogP contribution in [0.25, 0.3) is 68.3 Å². The van der Waals surface area contributed by atoms with E-state index in [1.807, 2.05) is 12.1 Å². The maximum atomic E-state index is 15.9. The highest BCUT2D eigenvalue weighted by Gasteiger charge is 2.80. The number of halogens is 6. The van der Waals surface area contributed by atoms with Gasteiger partial charge >= 0.3 is 17.8 Å². The minimum atomic E-state index is -5.63. The van der Waals surface area contributed by atoms with E-state index in [9.17, 15) is 5.11 Å². The summed E-state index contributed by atoms with van der Waals surface area (Å²) in [5, 5.41) is 10.1. The van der Waals surface area contributed by atoms with Gasteiger partial charge in [0.1, 0.15) is 0 Å². The number of thiophene rings is 8. The Morgan fingerprint density at radius 2 is 0.980 bits per heavy atom. The normalized spacial score (nSPS) is 17.2. The molecule has 0 saturated heterocycles. The Bertz CT molecular complexity index is 2680. The summed E-state index contributed by atoms with van der Waals surface area (Å²) in [6.07, 6.45) is 3.22.